The van der Waals surface area contributed by atoms with Crippen molar-refractivity contribution in [3.63, 3.8) is 0 Å². The molecule has 0 bridgehead atoms. The number of hydrazone groups is 1. The molecule has 0 spiro atoms. The van der Waals surface area contributed by atoms with E-state index in [1.807, 2.05) is 44.2 Å². The van der Waals surface area contributed by atoms with Crippen molar-refractivity contribution in [3.8, 4) is 11.5 Å². The number of nitrogens with zero attached hydrogens (tertiary/aromatic N) is 3. The van der Waals surface area contributed by atoms with Crippen molar-refractivity contribution in [2.45, 2.75) is 32.9 Å². The van der Waals surface area contributed by atoms with Gasteiger partial charge in [0.25, 0.3) is 5.91 Å². The lowest BCUT2D eigenvalue weighted by Gasteiger charge is -2.29. The molecule has 1 aliphatic heterocycles. The van der Waals surface area contributed by atoms with Gasteiger partial charge in [0.15, 0.2) is 11.5 Å². The Morgan fingerprint density at radius 2 is 1.89 bits per heavy atom. The van der Waals surface area contributed by atoms with Crippen LogP contribution in [0.2, 0.25) is 0 Å². The van der Waals surface area contributed by atoms with Crippen LogP contribution in [-0.2, 0) is 11.3 Å². The lowest BCUT2D eigenvalue weighted by Crippen LogP contribution is -2.41. The first kappa shape index (κ1) is 24.7. The van der Waals surface area contributed by atoms with Gasteiger partial charge in [-0.2, -0.15) is 10.1 Å². The monoisotopic (exact) mass is 488 g/mol. The van der Waals surface area contributed by atoms with Gasteiger partial charge in [0, 0.05) is 17.4 Å². The van der Waals surface area contributed by atoms with Gasteiger partial charge in [-0.1, -0.05) is 25.1 Å². The third-order valence-corrected chi connectivity index (χ3v) is 5.56. The number of anilines is 1. The van der Waals surface area contributed by atoms with Crippen molar-refractivity contribution in [2.24, 2.45) is 5.10 Å². The van der Waals surface area contributed by atoms with Gasteiger partial charge < -0.3 is 19.5 Å². The van der Waals surface area contributed by atoms with Gasteiger partial charge in [-0.25, -0.2) is 4.79 Å². The normalized spacial score (nSPS) is 15.1. The second-order valence-electron chi connectivity index (χ2n) is 7.99. The number of methoxy groups -OCH3 is 1. The largest absolute Gasteiger partial charge is 0.493 e. The molecule has 0 fully saturated rings. The number of rotatable bonds is 9. The van der Waals surface area contributed by atoms with Crippen molar-refractivity contribution in [1.82, 2.24) is 9.99 Å². The number of nitrogens with one attached hydrogen (secondary N) is 1. The van der Waals surface area contributed by atoms with Crippen LogP contribution in [-0.4, -0.2) is 47.5 Å². The first-order chi connectivity index (χ1) is 17.5. The highest BCUT2D eigenvalue weighted by molar-refractivity contribution is 6.06. The number of amides is 2. The minimum atomic E-state index is -0.517. The average Bonchev–Trinajstić information content (AvgIpc) is 2.91. The van der Waals surface area contributed by atoms with Gasteiger partial charge in [0.2, 0.25) is 0 Å². The number of carbonyl (C=O) groups excluding carboxylic acids is 2. The lowest BCUT2D eigenvalue weighted by atomic mass is 10.0. The summed E-state index contributed by atoms with van der Waals surface area (Å²) in [5.41, 5.74) is 3.20. The van der Waals surface area contributed by atoms with Crippen molar-refractivity contribution < 1.29 is 23.8 Å². The zero-order valence-corrected chi connectivity index (χ0v) is 20.4. The van der Waals surface area contributed by atoms with E-state index in [0.717, 1.165) is 11.1 Å². The minimum absolute atomic E-state index is 0.210. The fraction of sp³-hybridized carbons (Fsp3) is 0.259. The summed E-state index contributed by atoms with van der Waals surface area (Å²) in [6.45, 7) is 4.54. The molecule has 0 aliphatic carbocycles. The van der Waals surface area contributed by atoms with E-state index in [9.17, 15) is 9.59 Å². The van der Waals surface area contributed by atoms with E-state index < -0.39 is 12.2 Å². The molecule has 4 rings (SSSR count). The van der Waals surface area contributed by atoms with E-state index in [0.29, 0.717) is 41.6 Å². The molecule has 1 unspecified atom stereocenters. The second-order valence-corrected chi connectivity index (χ2v) is 7.99. The Kier molecular flexibility index (Phi) is 7.79. The zero-order chi connectivity index (χ0) is 25.5. The highest BCUT2D eigenvalue weighted by Crippen LogP contribution is 2.30. The SMILES string of the molecule is CCOc1cc(C2=NN(Cc3ccc(NC(=O)c4ccccn4)cc3)C(=O)OC2CC)ccc1OC. The molecule has 9 nitrogen and oxygen atoms in total. The van der Waals surface area contributed by atoms with Gasteiger partial charge in [0.05, 0.1) is 20.3 Å². The predicted molar refractivity (Wildman–Crippen MR) is 135 cm³/mol. The maximum absolute atomic E-state index is 12.7. The second kappa shape index (κ2) is 11.4. The van der Waals surface area contributed by atoms with E-state index in [4.69, 9.17) is 14.2 Å². The number of carbonyl (C=O) groups is 2. The Balaban J connectivity index is 1.52. The molecular formula is C27H28N4O5. The highest BCUT2D eigenvalue weighted by Gasteiger charge is 2.31. The van der Waals surface area contributed by atoms with Crippen LogP contribution >= 0.6 is 0 Å². The fourth-order valence-electron chi connectivity index (χ4n) is 3.76. The molecule has 0 saturated heterocycles. The van der Waals surface area contributed by atoms with Gasteiger partial charge in [-0.05, 0) is 61.4 Å². The number of pyridine rings is 1. The molecule has 0 radical (unpaired) electrons. The van der Waals surface area contributed by atoms with Crippen LogP contribution in [0.5, 0.6) is 11.5 Å². The molecule has 36 heavy (non-hydrogen) atoms. The summed E-state index contributed by atoms with van der Waals surface area (Å²) >= 11 is 0. The molecule has 1 aromatic heterocycles. The van der Waals surface area contributed by atoms with Crippen LogP contribution in [0.1, 0.15) is 41.9 Å². The van der Waals surface area contributed by atoms with Crippen LogP contribution in [0, 0.1) is 0 Å². The standard InChI is InChI=1S/C27H28N4O5/c1-4-22-25(19-11-14-23(34-3)24(16-19)35-5-2)30-31(27(33)36-22)17-18-9-12-20(13-10-18)29-26(32)21-8-6-7-15-28-21/h6-16,22H,4-5,17H2,1-3H3,(H,29,32). The number of hydrogen-bond acceptors (Lipinski definition) is 7. The van der Waals surface area contributed by atoms with Crippen molar-refractivity contribution in [1.29, 1.82) is 0 Å². The van der Waals surface area contributed by atoms with Crippen LogP contribution in [0.4, 0.5) is 10.5 Å². The molecule has 1 atom stereocenters. The van der Waals surface area contributed by atoms with Crippen molar-refractivity contribution in [3.05, 3.63) is 83.7 Å². The molecule has 186 valence electrons. The van der Waals surface area contributed by atoms with Gasteiger partial charge in [-0.3, -0.25) is 9.78 Å². The molecule has 1 N–H and O–H groups in total. The molecule has 3 aromatic rings. The van der Waals surface area contributed by atoms with E-state index in [2.05, 4.69) is 15.4 Å². The maximum atomic E-state index is 12.7. The Morgan fingerprint density at radius 3 is 2.56 bits per heavy atom. The summed E-state index contributed by atoms with van der Waals surface area (Å²) in [4.78, 5) is 29.0. The van der Waals surface area contributed by atoms with Crippen molar-refractivity contribution >= 4 is 23.4 Å². The third kappa shape index (κ3) is 5.63. The molecular weight excluding hydrogens is 460 g/mol. The number of hydrogen-bond donors (Lipinski definition) is 1. The summed E-state index contributed by atoms with van der Waals surface area (Å²) in [5.74, 6) is 0.921. The molecule has 2 aromatic carbocycles. The third-order valence-electron chi connectivity index (χ3n) is 5.56. The first-order valence-corrected chi connectivity index (χ1v) is 11.7. The lowest BCUT2D eigenvalue weighted by molar-refractivity contribution is 0.0712. The van der Waals surface area contributed by atoms with E-state index in [-0.39, 0.29) is 12.5 Å². The Bertz CT molecular complexity index is 1240. The average molecular weight is 489 g/mol. The topological polar surface area (TPSA) is 102 Å². The highest BCUT2D eigenvalue weighted by atomic mass is 16.6. The zero-order valence-electron chi connectivity index (χ0n) is 20.4. The predicted octanol–water partition coefficient (Wildman–Crippen LogP) is 4.88. The number of cyclic esters (lactones) is 1. The van der Waals surface area contributed by atoms with Crippen LogP contribution in [0.15, 0.2) is 72.0 Å². The number of benzene rings is 2. The molecule has 2 amide bonds. The molecule has 0 saturated carbocycles. The Hall–Kier alpha value is -4.40. The summed E-state index contributed by atoms with van der Waals surface area (Å²) < 4.78 is 16.8. The van der Waals surface area contributed by atoms with Crippen LogP contribution in [0.3, 0.4) is 0 Å². The number of ether oxygens (including phenoxy) is 3. The van der Waals surface area contributed by atoms with Crippen molar-refractivity contribution in [2.75, 3.05) is 19.0 Å². The van der Waals surface area contributed by atoms with Crippen LogP contribution < -0.4 is 14.8 Å². The van der Waals surface area contributed by atoms with E-state index >= 15 is 0 Å². The summed E-state index contributed by atoms with van der Waals surface area (Å²) in [5, 5.41) is 8.76. The van der Waals surface area contributed by atoms with E-state index in [1.54, 1.807) is 43.6 Å². The molecule has 2 heterocycles. The Labute approximate surface area is 209 Å². The summed E-state index contributed by atoms with van der Waals surface area (Å²) in [6, 6.07) is 17.9. The minimum Gasteiger partial charge on any atom is -0.493 e. The van der Waals surface area contributed by atoms with Crippen LogP contribution in [0.25, 0.3) is 0 Å². The quantitative estimate of drug-likeness (QED) is 0.461. The molecule has 9 heteroatoms. The summed E-state index contributed by atoms with van der Waals surface area (Å²) in [7, 11) is 1.59. The fourth-order valence-corrected chi connectivity index (χ4v) is 3.76. The molecule has 1 aliphatic rings. The smallest absolute Gasteiger partial charge is 0.431 e. The van der Waals surface area contributed by atoms with Gasteiger partial charge >= 0.3 is 6.09 Å². The van der Waals surface area contributed by atoms with Gasteiger partial charge in [-0.15, -0.1) is 0 Å². The summed E-state index contributed by atoms with van der Waals surface area (Å²) in [6.07, 6.45) is 1.16. The van der Waals surface area contributed by atoms with E-state index in [1.165, 1.54) is 5.01 Å². The maximum Gasteiger partial charge on any atom is 0.431 e. The Morgan fingerprint density at radius 1 is 1.08 bits per heavy atom. The first-order valence-electron chi connectivity index (χ1n) is 11.7. The number of aromatic nitrogens is 1. The van der Waals surface area contributed by atoms with Gasteiger partial charge in [0.1, 0.15) is 17.5 Å².